The fourth-order valence-corrected chi connectivity index (χ4v) is 4.72. The molecule has 0 aliphatic heterocycles. The molecule has 1 fully saturated rings. The molecule has 1 aliphatic carbocycles. The molecule has 1 aliphatic rings. The van der Waals surface area contributed by atoms with E-state index < -0.39 is 5.97 Å². The Morgan fingerprint density at radius 3 is 2.69 bits per heavy atom. The van der Waals surface area contributed by atoms with E-state index in [2.05, 4.69) is 18.8 Å². The summed E-state index contributed by atoms with van der Waals surface area (Å²) >= 11 is 1.36. The number of aromatic carboxylic acids is 1. The van der Waals surface area contributed by atoms with E-state index in [1.54, 1.807) is 6.07 Å². The predicted molar refractivity (Wildman–Crippen MR) is 104 cm³/mol. The van der Waals surface area contributed by atoms with Crippen LogP contribution < -0.4 is 0 Å². The monoisotopic (exact) mass is 368 g/mol. The lowest BCUT2D eigenvalue weighted by atomic mass is 9.85. The second kappa shape index (κ2) is 8.53. The van der Waals surface area contributed by atoms with Gasteiger partial charge in [0.1, 0.15) is 4.88 Å². The minimum Gasteiger partial charge on any atom is -0.477 e. The lowest BCUT2D eigenvalue weighted by Crippen LogP contribution is -2.18. The molecule has 0 saturated heterocycles. The maximum absolute atomic E-state index is 11.0. The third-order valence-electron chi connectivity index (χ3n) is 5.21. The van der Waals surface area contributed by atoms with Crippen LogP contribution in [0.25, 0.3) is 0 Å². The number of hydrogen-bond donors (Lipinski definition) is 2. The highest BCUT2D eigenvalue weighted by molar-refractivity contribution is 7.13. The van der Waals surface area contributed by atoms with Crippen LogP contribution in [0.3, 0.4) is 0 Å². The zero-order valence-corrected chi connectivity index (χ0v) is 15.7. The number of thiophene rings is 1. The van der Waals surface area contributed by atoms with Crippen LogP contribution in [0.5, 0.6) is 0 Å². The molecule has 0 spiro atoms. The van der Waals surface area contributed by atoms with Crippen molar-refractivity contribution >= 4 is 17.3 Å². The van der Waals surface area contributed by atoms with Gasteiger partial charge in [0.25, 0.3) is 0 Å². The molecule has 2 N–H and O–H groups in total. The van der Waals surface area contributed by atoms with Crippen molar-refractivity contribution < 1.29 is 15.0 Å². The smallest absolute Gasteiger partial charge is 0.345 e. The van der Waals surface area contributed by atoms with Gasteiger partial charge in [0, 0.05) is 16.4 Å². The molecule has 26 heavy (non-hydrogen) atoms. The third-order valence-corrected chi connectivity index (χ3v) is 6.34. The largest absolute Gasteiger partial charge is 0.477 e. The summed E-state index contributed by atoms with van der Waals surface area (Å²) in [6.07, 6.45) is 3.33. The summed E-state index contributed by atoms with van der Waals surface area (Å²) in [5, 5.41) is 19.4. The molecule has 3 nitrogen and oxygen atoms in total. The Balaban J connectivity index is 1.61. The van der Waals surface area contributed by atoms with Gasteiger partial charge in [-0.1, -0.05) is 37.0 Å². The molecule has 1 saturated carbocycles. The Labute approximate surface area is 158 Å². The summed E-state index contributed by atoms with van der Waals surface area (Å²) in [6, 6.07) is 13.5. The maximum Gasteiger partial charge on any atom is 0.345 e. The van der Waals surface area contributed by atoms with E-state index in [0.717, 1.165) is 36.1 Å². The highest BCUT2D eigenvalue weighted by Gasteiger charge is 2.38. The summed E-state index contributed by atoms with van der Waals surface area (Å²) in [4.78, 5) is 12.5. The highest BCUT2D eigenvalue weighted by Crippen LogP contribution is 2.40. The van der Waals surface area contributed by atoms with Crippen molar-refractivity contribution in [2.75, 3.05) is 0 Å². The zero-order valence-electron chi connectivity index (χ0n) is 14.9. The van der Waals surface area contributed by atoms with Crippen molar-refractivity contribution in [3.8, 4) is 11.8 Å². The van der Waals surface area contributed by atoms with Crippen LogP contribution in [0, 0.1) is 29.6 Å². The number of hydrogen-bond acceptors (Lipinski definition) is 3. The van der Waals surface area contributed by atoms with Crippen molar-refractivity contribution in [2.45, 2.75) is 38.7 Å². The quantitative estimate of drug-likeness (QED) is 0.767. The number of carboxylic acids is 1. The molecule has 4 atom stereocenters. The average Bonchev–Trinajstić information content (AvgIpc) is 3.19. The third kappa shape index (κ3) is 4.55. The molecule has 0 unspecified atom stereocenters. The predicted octanol–water partition coefficient (Wildman–Crippen LogP) is 4.45. The molecule has 1 heterocycles. The number of aryl methyl sites for hydroxylation is 1. The SMILES string of the molecule is C[C@@H]1C[C@@H](O)[C@H](C#Cc2ccccc2)[C@H]1CCCc1ccc(C(=O)O)s1. The lowest BCUT2D eigenvalue weighted by Gasteiger charge is -2.19. The van der Waals surface area contributed by atoms with Crippen molar-refractivity contribution in [3.05, 3.63) is 57.8 Å². The molecular weight excluding hydrogens is 344 g/mol. The summed E-state index contributed by atoms with van der Waals surface area (Å²) in [5.74, 6) is 6.54. The van der Waals surface area contributed by atoms with Crippen LogP contribution in [0.2, 0.25) is 0 Å². The van der Waals surface area contributed by atoms with Crippen LogP contribution in [-0.2, 0) is 6.42 Å². The van der Waals surface area contributed by atoms with Crippen molar-refractivity contribution in [1.82, 2.24) is 0 Å². The van der Waals surface area contributed by atoms with E-state index >= 15 is 0 Å². The number of aliphatic hydroxyl groups excluding tert-OH is 1. The standard InChI is InChI=1S/C22H24O3S/c1-15-14-20(23)19(12-10-16-6-3-2-4-7-16)18(15)9-5-8-17-11-13-21(26-17)22(24)25/h2-4,6-7,11,13,15,18-20,23H,5,8-9,14H2,1H3,(H,24,25)/t15-,18+,19-,20-/m1/s1. The molecule has 0 bridgehead atoms. The van der Waals surface area contributed by atoms with Gasteiger partial charge >= 0.3 is 5.97 Å². The maximum atomic E-state index is 11.0. The van der Waals surface area contributed by atoms with E-state index in [-0.39, 0.29) is 12.0 Å². The van der Waals surface area contributed by atoms with Gasteiger partial charge in [0.05, 0.1) is 6.10 Å². The number of carbonyl (C=O) groups is 1. The first-order valence-electron chi connectivity index (χ1n) is 9.11. The number of aliphatic hydroxyl groups is 1. The Morgan fingerprint density at radius 2 is 2.00 bits per heavy atom. The molecule has 1 aromatic carbocycles. The molecule has 136 valence electrons. The van der Waals surface area contributed by atoms with E-state index in [0.29, 0.717) is 16.7 Å². The topological polar surface area (TPSA) is 57.5 Å². The Morgan fingerprint density at radius 1 is 1.23 bits per heavy atom. The fraction of sp³-hybridized carbons (Fsp3) is 0.409. The number of benzene rings is 1. The van der Waals surface area contributed by atoms with Gasteiger partial charge in [-0.2, -0.15) is 0 Å². The molecule has 4 heteroatoms. The van der Waals surface area contributed by atoms with Crippen molar-refractivity contribution in [2.24, 2.45) is 17.8 Å². The molecule has 3 rings (SSSR count). The first kappa shape index (κ1) is 18.7. The van der Waals surface area contributed by atoms with Gasteiger partial charge in [-0.25, -0.2) is 4.79 Å². The minimum absolute atomic E-state index is 0.0168. The molecule has 0 amide bonds. The van der Waals surface area contributed by atoms with E-state index in [4.69, 9.17) is 5.11 Å². The second-order valence-electron chi connectivity index (χ2n) is 7.07. The summed E-state index contributed by atoms with van der Waals surface area (Å²) in [5.41, 5.74) is 0.984. The second-order valence-corrected chi connectivity index (χ2v) is 8.24. The van der Waals surface area contributed by atoms with Crippen molar-refractivity contribution in [1.29, 1.82) is 0 Å². The van der Waals surface area contributed by atoms with Gasteiger partial charge in [-0.15, -0.1) is 11.3 Å². The molecular formula is C22H24O3S. The van der Waals surface area contributed by atoms with Gasteiger partial charge in [-0.3, -0.25) is 0 Å². The first-order chi connectivity index (χ1) is 12.5. The average molecular weight is 368 g/mol. The fourth-order valence-electron chi connectivity index (χ4n) is 3.84. The lowest BCUT2D eigenvalue weighted by molar-refractivity contribution is 0.0702. The first-order valence-corrected chi connectivity index (χ1v) is 9.93. The van der Waals surface area contributed by atoms with E-state index in [1.165, 1.54) is 11.3 Å². The molecule has 2 aromatic rings. The van der Waals surface area contributed by atoms with Crippen LogP contribution in [0.15, 0.2) is 42.5 Å². The summed E-state index contributed by atoms with van der Waals surface area (Å²) < 4.78 is 0. The van der Waals surface area contributed by atoms with Gasteiger partial charge in [0.15, 0.2) is 0 Å². The molecule has 1 aromatic heterocycles. The van der Waals surface area contributed by atoms with Gasteiger partial charge in [-0.05, 0) is 61.8 Å². The molecule has 0 radical (unpaired) electrons. The van der Waals surface area contributed by atoms with Crippen LogP contribution in [-0.4, -0.2) is 22.3 Å². The zero-order chi connectivity index (χ0) is 18.5. The van der Waals surface area contributed by atoms with Gasteiger partial charge < -0.3 is 10.2 Å². The highest BCUT2D eigenvalue weighted by atomic mass is 32.1. The minimum atomic E-state index is -0.856. The van der Waals surface area contributed by atoms with Gasteiger partial charge in [0.2, 0.25) is 0 Å². The number of rotatable bonds is 5. The Bertz CT molecular complexity index is 800. The van der Waals surface area contributed by atoms with E-state index in [1.807, 2.05) is 36.4 Å². The Hall–Kier alpha value is -2.09. The van der Waals surface area contributed by atoms with Crippen LogP contribution in [0.1, 0.15) is 46.3 Å². The summed E-state index contributed by atoms with van der Waals surface area (Å²) in [6.45, 7) is 2.20. The van der Waals surface area contributed by atoms with Crippen LogP contribution >= 0.6 is 11.3 Å². The Kier molecular flexibility index (Phi) is 6.13. The number of carboxylic acid groups (broad SMARTS) is 1. The normalized spacial score (nSPS) is 24.8. The van der Waals surface area contributed by atoms with Crippen molar-refractivity contribution in [3.63, 3.8) is 0 Å². The van der Waals surface area contributed by atoms with Crippen LogP contribution in [0.4, 0.5) is 0 Å². The van der Waals surface area contributed by atoms with E-state index in [9.17, 15) is 9.90 Å². The summed E-state index contributed by atoms with van der Waals surface area (Å²) in [7, 11) is 0.